The number of carboxylic acids is 1. The maximum absolute atomic E-state index is 12.9. The van der Waals surface area contributed by atoms with E-state index >= 15 is 0 Å². The van der Waals surface area contributed by atoms with E-state index in [2.05, 4.69) is 21.0 Å². The zero-order valence-electron chi connectivity index (χ0n) is 23.6. The Hall–Kier alpha value is -3.83. The lowest BCUT2D eigenvalue weighted by Gasteiger charge is -2.34. The van der Waals surface area contributed by atoms with Gasteiger partial charge in [-0.25, -0.2) is 5.43 Å². The number of nitrogens with zero attached hydrogens (tertiary/aromatic N) is 2. The minimum Gasteiger partial charge on any atom is -0.481 e. The van der Waals surface area contributed by atoms with Crippen LogP contribution in [-0.2, 0) is 25.7 Å². The van der Waals surface area contributed by atoms with Gasteiger partial charge in [0.1, 0.15) is 18.2 Å². The molecule has 1 saturated heterocycles. The molecule has 2 heterocycles. The largest absolute Gasteiger partial charge is 0.481 e. The van der Waals surface area contributed by atoms with E-state index in [4.69, 9.17) is 0 Å². The molecule has 216 valence electrons. The zero-order chi connectivity index (χ0) is 29.6. The average molecular weight is 554 g/mol. The van der Waals surface area contributed by atoms with Crippen LogP contribution in [0.5, 0.6) is 0 Å². The molecule has 2 aromatic rings. The summed E-state index contributed by atoms with van der Waals surface area (Å²) in [6, 6.07) is 7.89. The van der Waals surface area contributed by atoms with Gasteiger partial charge in [0.05, 0.1) is 23.2 Å². The van der Waals surface area contributed by atoms with Gasteiger partial charge >= 0.3 is 5.97 Å². The van der Waals surface area contributed by atoms with Gasteiger partial charge in [-0.2, -0.15) is 0 Å². The van der Waals surface area contributed by atoms with Gasteiger partial charge in [-0.3, -0.25) is 29.2 Å². The molecule has 11 nitrogen and oxygen atoms in total. The third-order valence-electron chi connectivity index (χ3n) is 6.86. The molecule has 0 saturated carbocycles. The van der Waals surface area contributed by atoms with Crippen LogP contribution in [0.1, 0.15) is 58.7 Å². The van der Waals surface area contributed by atoms with Gasteiger partial charge < -0.3 is 20.8 Å². The Balaban J connectivity index is 1.59. The van der Waals surface area contributed by atoms with Crippen molar-refractivity contribution in [3.63, 3.8) is 0 Å². The zero-order valence-corrected chi connectivity index (χ0v) is 23.6. The van der Waals surface area contributed by atoms with Gasteiger partial charge in [-0.15, -0.1) is 0 Å². The highest BCUT2D eigenvalue weighted by atomic mass is 16.4. The van der Waals surface area contributed by atoms with E-state index in [1.165, 1.54) is 11.9 Å². The highest BCUT2D eigenvalue weighted by Gasteiger charge is 2.31. The lowest BCUT2D eigenvalue weighted by atomic mass is 9.92. The summed E-state index contributed by atoms with van der Waals surface area (Å²) in [6.07, 6.45) is 3.32. The molecule has 3 rings (SSSR count). The van der Waals surface area contributed by atoms with E-state index in [0.717, 1.165) is 10.9 Å². The number of fused-ring (bicyclic) bond motifs is 1. The Morgan fingerprint density at radius 3 is 2.55 bits per heavy atom. The molecule has 1 aliphatic rings. The number of carbonyl (C=O) groups excluding carboxylic acids is 3. The Labute approximate surface area is 234 Å². The summed E-state index contributed by atoms with van der Waals surface area (Å²) in [5, 5.41) is 26.9. The van der Waals surface area contributed by atoms with Crippen LogP contribution in [0.3, 0.4) is 0 Å². The second-order valence-electron chi connectivity index (χ2n) is 11.1. The lowest BCUT2D eigenvalue weighted by molar-refractivity contribution is -0.145. The molecule has 3 amide bonds. The number of carbonyl (C=O) groups is 4. The Kier molecular flexibility index (Phi) is 9.99. The van der Waals surface area contributed by atoms with E-state index in [1.807, 2.05) is 30.3 Å². The molecule has 1 fully saturated rings. The molecule has 0 bridgehead atoms. The number of rotatable bonds is 10. The third-order valence-corrected chi connectivity index (χ3v) is 6.86. The number of aromatic nitrogens is 1. The molecule has 1 aromatic heterocycles. The summed E-state index contributed by atoms with van der Waals surface area (Å²) >= 11 is 0. The van der Waals surface area contributed by atoms with E-state index in [9.17, 15) is 29.4 Å². The third kappa shape index (κ3) is 7.86. The molecule has 1 aromatic carbocycles. The van der Waals surface area contributed by atoms with Gasteiger partial charge in [-0.05, 0) is 57.2 Å². The number of carboxylic acid groups (broad SMARTS) is 1. The van der Waals surface area contributed by atoms with Crippen molar-refractivity contribution in [1.82, 2.24) is 26.1 Å². The summed E-state index contributed by atoms with van der Waals surface area (Å²) in [6.45, 7) is 8.78. The number of hydrazine groups is 1. The number of aliphatic hydroxyl groups is 1. The Bertz CT molecular complexity index is 1290. The van der Waals surface area contributed by atoms with Crippen molar-refractivity contribution in [2.75, 3.05) is 6.54 Å². The minimum atomic E-state index is -1.21. The number of aliphatic hydroxyl groups excluding tert-OH is 1. The van der Waals surface area contributed by atoms with Gasteiger partial charge in [0.2, 0.25) is 11.8 Å². The lowest BCUT2D eigenvalue weighted by Crippen LogP contribution is -2.61. The first-order valence-electron chi connectivity index (χ1n) is 13.4. The van der Waals surface area contributed by atoms with E-state index < -0.39 is 41.4 Å². The van der Waals surface area contributed by atoms with Crippen LogP contribution < -0.4 is 16.1 Å². The number of hydrogen-bond donors (Lipinski definition) is 5. The van der Waals surface area contributed by atoms with E-state index in [-0.39, 0.29) is 18.4 Å². The smallest absolute Gasteiger partial charge is 0.312 e. The standard InChI is InChI=1S/C29H39N5O6/c1-17(2)24(35)26(37)31-18(3)27(38)34-14-6-7-22(33-34)25(36)30-16-21-11-10-20-9-8-19(15-23(20)32-21)12-13-29(4,5)28(39)40/h8-13,15,17-18,22,24,33,35H,6-7,14,16H2,1-5H3,(H,30,36)(H,31,37)(H,39,40)/b13-12+/t18-,22-,24-/m0/s1. The molecule has 5 N–H and O–H groups in total. The van der Waals surface area contributed by atoms with Crippen molar-refractivity contribution >= 4 is 40.7 Å². The normalized spacial score (nSPS) is 17.6. The Morgan fingerprint density at radius 2 is 1.88 bits per heavy atom. The molecule has 3 atom stereocenters. The molecule has 0 spiro atoms. The van der Waals surface area contributed by atoms with Crippen LogP contribution >= 0.6 is 0 Å². The Morgan fingerprint density at radius 1 is 1.18 bits per heavy atom. The number of pyridine rings is 1. The topological polar surface area (TPSA) is 161 Å². The van der Waals surface area contributed by atoms with Crippen molar-refractivity contribution in [2.45, 2.75) is 72.2 Å². The van der Waals surface area contributed by atoms with E-state index in [0.29, 0.717) is 30.6 Å². The second-order valence-corrected chi connectivity index (χ2v) is 11.1. The summed E-state index contributed by atoms with van der Waals surface area (Å²) in [5.41, 5.74) is 4.14. The van der Waals surface area contributed by atoms with Crippen LogP contribution in [0.25, 0.3) is 17.0 Å². The van der Waals surface area contributed by atoms with Gasteiger partial charge in [0.15, 0.2) is 0 Å². The highest BCUT2D eigenvalue weighted by molar-refractivity contribution is 5.89. The molecule has 1 aliphatic heterocycles. The monoisotopic (exact) mass is 553 g/mol. The maximum Gasteiger partial charge on any atom is 0.312 e. The predicted molar refractivity (Wildman–Crippen MR) is 150 cm³/mol. The second kappa shape index (κ2) is 13.0. The number of hydrogen-bond acceptors (Lipinski definition) is 7. The van der Waals surface area contributed by atoms with Crippen LogP contribution in [0.4, 0.5) is 0 Å². The predicted octanol–water partition coefficient (Wildman–Crippen LogP) is 1.99. The van der Waals surface area contributed by atoms with Gasteiger partial charge in [-0.1, -0.05) is 44.2 Å². The van der Waals surface area contributed by atoms with Gasteiger partial charge in [0.25, 0.3) is 5.91 Å². The number of benzene rings is 1. The van der Waals surface area contributed by atoms with Crippen molar-refractivity contribution in [2.24, 2.45) is 11.3 Å². The van der Waals surface area contributed by atoms with Gasteiger partial charge in [0, 0.05) is 11.9 Å². The molecular weight excluding hydrogens is 514 g/mol. The van der Waals surface area contributed by atoms with Crippen molar-refractivity contribution in [3.8, 4) is 0 Å². The molecular formula is C29H39N5O6. The van der Waals surface area contributed by atoms with Crippen LogP contribution in [0.15, 0.2) is 36.4 Å². The summed E-state index contributed by atoms with van der Waals surface area (Å²) in [5.74, 6) is -2.48. The van der Waals surface area contributed by atoms with Crippen LogP contribution in [-0.4, -0.2) is 68.6 Å². The number of nitrogens with one attached hydrogen (secondary N) is 3. The summed E-state index contributed by atoms with van der Waals surface area (Å²) < 4.78 is 0. The fourth-order valence-corrected chi connectivity index (χ4v) is 4.09. The molecule has 40 heavy (non-hydrogen) atoms. The molecule has 0 unspecified atom stereocenters. The number of amides is 3. The van der Waals surface area contributed by atoms with Crippen LogP contribution in [0.2, 0.25) is 0 Å². The average Bonchev–Trinajstić information content (AvgIpc) is 2.93. The minimum absolute atomic E-state index is 0.187. The molecule has 11 heteroatoms. The van der Waals surface area contributed by atoms with E-state index in [1.54, 1.807) is 39.8 Å². The summed E-state index contributed by atoms with van der Waals surface area (Å²) in [7, 11) is 0. The first kappa shape index (κ1) is 30.7. The van der Waals surface area contributed by atoms with Crippen molar-refractivity contribution in [1.29, 1.82) is 0 Å². The first-order chi connectivity index (χ1) is 18.8. The first-order valence-corrected chi connectivity index (χ1v) is 13.4. The molecule has 0 radical (unpaired) electrons. The molecule has 0 aliphatic carbocycles. The highest BCUT2D eigenvalue weighted by Crippen LogP contribution is 2.21. The fraction of sp³-hybridized carbons (Fsp3) is 0.483. The van der Waals surface area contributed by atoms with Crippen LogP contribution in [0, 0.1) is 11.3 Å². The SMILES string of the molecule is CC(C)[C@H](O)C(=O)N[C@@H](C)C(=O)N1CCC[C@@H](C(=O)NCc2ccc3ccc(/C=C/C(C)(C)C(=O)O)cc3n2)N1. The summed E-state index contributed by atoms with van der Waals surface area (Å²) in [4.78, 5) is 53.9. The van der Waals surface area contributed by atoms with Crippen molar-refractivity contribution < 1.29 is 29.4 Å². The number of aliphatic carboxylic acids is 1. The van der Waals surface area contributed by atoms with Crippen molar-refractivity contribution in [3.05, 3.63) is 47.7 Å². The maximum atomic E-state index is 12.9. The quantitative estimate of drug-likeness (QED) is 0.299. The fourth-order valence-electron chi connectivity index (χ4n) is 4.09.